The third kappa shape index (κ3) is 4.66. The molecule has 2 aromatic heterocycles. The van der Waals surface area contributed by atoms with E-state index in [1.54, 1.807) is 0 Å². The van der Waals surface area contributed by atoms with Gasteiger partial charge in [0.2, 0.25) is 0 Å². The van der Waals surface area contributed by atoms with Gasteiger partial charge in [0.05, 0.1) is 11.0 Å². The zero-order valence-electron chi connectivity index (χ0n) is 32.1. The van der Waals surface area contributed by atoms with E-state index in [1.165, 1.54) is 60.2 Å². The fourth-order valence-electron chi connectivity index (χ4n) is 9.74. The topological polar surface area (TPSA) is 43.6 Å². The lowest BCUT2D eigenvalue weighted by atomic mass is 9.82. The van der Waals surface area contributed by atoms with Crippen molar-refractivity contribution >= 4 is 54.1 Å². The Hall–Kier alpha value is -7.43. The molecule has 272 valence electrons. The monoisotopic (exact) mass is 740 g/mol. The molecule has 1 aliphatic rings. The lowest BCUT2D eigenvalue weighted by Crippen LogP contribution is -2.15. The van der Waals surface area contributed by atoms with Gasteiger partial charge in [-0.05, 0) is 73.5 Å². The zero-order chi connectivity index (χ0) is 38.5. The number of fused-ring (bicyclic) bond motifs is 13. The van der Waals surface area contributed by atoms with Gasteiger partial charge < -0.3 is 4.57 Å². The molecule has 12 rings (SSSR count). The van der Waals surface area contributed by atoms with Crippen molar-refractivity contribution in [1.82, 2.24) is 19.5 Å². The van der Waals surface area contributed by atoms with Crippen LogP contribution in [0.2, 0.25) is 0 Å². The quantitative estimate of drug-likeness (QED) is 0.169. The number of benzene rings is 9. The minimum atomic E-state index is -0.126. The molecule has 0 unspecified atom stereocenters. The molecule has 0 aliphatic heterocycles. The number of hydrogen-bond acceptors (Lipinski definition) is 3. The molecule has 0 spiro atoms. The van der Waals surface area contributed by atoms with Crippen molar-refractivity contribution in [3.63, 3.8) is 0 Å². The van der Waals surface area contributed by atoms with Crippen molar-refractivity contribution in [2.75, 3.05) is 0 Å². The van der Waals surface area contributed by atoms with Crippen LogP contribution in [0, 0.1) is 0 Å². The van der Waals surface area contributed by atoms with E-state index >= 15 is 0 Å². The second kappa shape index (κ2) is 12.3. The summed E-state index contributed by atoms with van der Waals surface area (Å²) in [5, 5.41) is 9.56. The maximum atomic E-state index is 5.24. The van der Waals surface area contributed by atoms with Crippen LogP contribution in [-0.2, 0) is 5.41 Å². The first-order valence-corrected chi connectivity index (χ1v) is 20.0. The number of nitrogens with zero attached hydrogens (tertiary/aromatic N) is 4. The molecule has 0 saturated carbocycles. The Morgan fingerprint density at radius 3 is 1.60 bits per heavy atom. The largest absolute Gasteiger partial charge is 0.309 e. The molecule has 0 fully saturated rings. The highest BCUT2D eigenvalue weighted by Crippen LogP contribution is 2.51. The number of para-hydroxylation sites is 1. The van der Waals surface area contributed by atoms with Gasteiger partial charge in [0.15, 0.2) is 17.5 Å². The first kappa shape index (κ1) is 32.8. The summed E-state index contributed by atoms with van der Waals surface area (Å²) < 4.78 is 2.52. The van der Waals surface area contributed by atoms with Crippen LogP contribution >= 0.6 is 0 Å². The Morgan fingerprint density at radius 2 is 0.897 bits per heavy atom. The highest BCUT2D eigenvalue weighted by Gasteiger charge is 2.35. The summed E-state index contributed by atoms with van der Waals surface area (Å²) >= 11 is 0. The summed E-state index contributed by atoms with van der Waals surface area (Å²) in [7, 11) is 0. The van der Waals surface area contributed by atoms with E-state index in [1.807, 2.05) is 36.4 Å². The van der Waals surface area contributed by atoms with E-state index in [-0.39, 0.29) is 5.41 Å². The molecule has 4 heteroatoms. The molecule has 0 N–H and O–H groups in total. The van der Waals surface area contributed by atoms with Gasteiger partial charge in [0, 0.05) is 44.0 Å². The lowest BCUT2D eigenvalue weighted by molar-refractivity contribution is 0.660. The van der Waals surface area contributed by atoms with Crippen LogP contribution in [0.4, 0.5) is 0 Å². The van der Waals surface area contributed by atoms with Crippen LogP contribution in [0.3, 0.4) is 0 Å². The molecule has 2 heterocycles. The standard InChI is InChI=1S/C54H36N4/c1-54(2)45-27-15-13-23-38(45)39-30-29-35(31-46(39)54)58-47-28-16-14-26-42(47)48-40-24-11-9-21-36(40)43-32-44(37-22-10-12-25-41(37)49(43)50(48)58)53-56-51(33-17-5-3-6-18-33)55-52(57-53)34-19-7-4-8-20-34/h3-32H,1-2H3. The van der Waals surface area contributed by atoms with E-state index < -0.39 is 0 Å². The van der Waals surface area contributed by atoms with Crippen LogP contribution in [0.25, 0.3) is 105 Å². The minimum Gasteiger partial charge on any atom is -0.309 e. The molecule has 58 heavy (non-hydrogen) atoms. The molecule has 9 aromatic carbocycles. The molecule has 0 atom stereocenters. The van der Waals surface area contributed by atoms with E-state index in [0.717, 1.165) is 38.5 Å². The smallest absolute Gasteiger partial charge is 0.164 e. The van der Waals surface area contributed by atoms with Gasteiger partial charge in [-0.2, -0.15) is 0 Å². The zero-order valence-corrected chi connectivity index (χ0v) is 32.1. The van der Waals surface area contributed by atoms with E-state index in [4.69, 9.17) is 15.0 Å². The van der Waals surface area contributed by atoms with Gasteiger partial charge in [0.25, 0.3) is 0 Å². The highest BCUT2D eigenvalue weighted by molar-refractivity contribution is 6.37. The van der Waals surface area contributed by atoms with Crippen molar-refractivity contribution in [2.24, 2.45) is 0 Å². The molecule has 0 amide bonds. The molecule has 1 aliphatic carbocycles. The molecular formula is C54H36N4. The lowest BCUT2D eigenvalue weighted by Gasteiger charge is -2.22. The van der Waals surface area contributed by atoms with Gasteiger partial charge in [0.1, 0.15) is 0 Å². The third-order valence-electron chi connectivity index (χ3n) is 12.4. The van der Waals surface area contributed by atoms with Crippen molar-refractivity contribution in [1.29, 1.82) is 0 Å². The second-order valence-corrected chi connectivity index (χ2v) is 16.0. The fraction of sp³-hybridized carbons (Fsp3) is 0.0556. The molecule has 11 aromatic rings. The van der Waals surface area contributed by atoms with E-state index in [9.17, 15) is 0 Å². The Balaban J connectivity index is 1.22. The summed E-state index contributed by atoms with van der Waals surface area (Å²) in [5.74, 6) is 1.95. The molecule has 0 radical (unpaired) electrons. The van der Waals surface area contributed by atoms with Gasteiger partial charge in [-0.15, -0.1) is 0 Å². The number of hydrogen-bond donors (Lipinski definition) is 0. The fourth-order valence-corrected chi connectivity index (χ4v) is 9.74. The Bertz CT molecular complexity index is 3410. The average molecular weight is 741 g/mol. The average Bonchev–Trinajstić information content (AvgIpc) is 3.75. The maximum Gasteiger partial charge on any atom is 0.164 e. The second-order valence-electron chi connectivity index (χ2n) is 16.0. The van der Waals surface area contributed by atoms with E-state index in [0.29, 0.717) is 17.5 Å². The van der Waals surface area contributed by atoms with Crippen molar-refractivity contribution < 1.29 is 0 Å². The Labute approximate surface area is 335 Å². The SMILES string of the molecule is CC1(C)c2ccccc2-c2ccc(-n3c4ccccc4c4c5ccccc5c5cc(-c6nc(-c7ccccc7)nc(-c7ccccc7)n6)c6ccccc6c5c43)cc21. The first-order valence-electron chi connectivity index (χ1n) is 20.0. The summed E-state index contributed by atoms with van der Waals surface area (Å²) in [6.07, 6.45) is 0. The highest BCUT2D eigenvalue weighted by atomic mass is 15.0. The van der Waals surface area contributed by atoms with Crippen LogP contribution < -0.4 is 0 Å². The molecular weight excluding hydrogens is 705 g/mol. The van der Waals surface area contributed by atoms with Crippen molar-refractivity contribution in [3.8, 4) is 51.0 Å². The van der Waals surface area contributed by atoms with Crippen LogP contribution in [0.5, 0.6) is 0 Å². The molecule has 0 saturated heterocycles. The summed E-state index contributed by atoms with van der Waals surface area (Å²) in [6.45, 7) is 4.72. The summed E-state index contributed by atoms with van der Waals surface area (Å²) in [6, 6.07) is 65.3. The maximum absolute atomic E-state index is 5.24. The van der Waals surface area contributed by atoms with Gasteiger partial charge >= 0.3 is 0 Å². The first-order chi connectivity index (χ1) is 28.5. The van der Waals surface area contributed by atoms with Crippen molar-refractivity contribution in [3.05, 3.63) is 193 Å². The number of aromatic nitrogens is 4. The normalized spacial score (nSPS) is 13.1. The molecule has 4 nitrogen and oxygen atoms in total. The van der Waals surface area contributed by atoms with Crippen molar-refractivity contribution in [2.45, 2.75) is 19.3 Å². The third-order valence-corrected chi connectivity index (χ3v) is 12.4. The number of rotatable bonds is 4. The summed E-state index contributed by atoms with van der Waals surface area (Å²) in [4.78, 5) is 15.5. The van der Waals surface area contributed by atoms with Crippen LogP contribution in [0.1, 0.15) is 25.0 Å². The van der Waals surface area contributed by atoms with Gasteiger partial charge in [-0.1, -0.05) is 172 Å². The predicted molar refractivity (Wildman–Crippen MR) is 241 cm³/mol. The molecule has 0 bridgehead atoms. The van der Waals surface area contributed by atoms with Gasteiger partial charge in [-0.3, -0.25) is 0 Å². The summed E-state index contributed by atoms with van der Waals surface area (Å²) in [5.41, 5.74) is 11.7. The Kier molecular flexibility index (Phi) is 6.94. The predicted octanol–water partition coefficient (Wildman–Crippen LogP) is 13.7. The minimum absolute atomic E-state index is 0.126. The van der Waals surface area contributed by atoms with Crippen LogP contribution in [0.15, 0.2) is 182 Å². The Morgan fingerprint density at radius 1 is 0.379 bits per heavy atom. The van der Waals surface area contributed by atoms with Gasteiger partial charge in [-0.25, -0.2) is 15.0 Å². The van der Waals surface area contributed by atoms with E-state index in [2.05, 4.69) is 164 Å². The van der Waals surface area contributed by atoms with Crippen LogP contribution in [-0.4, -0.2) is 19.5 Å².